The van der Waals surface area contributed by atoms with Crippen molar-refractivity contribution >= 4 is 10.0 Å². The summed E-state index contributed by atoms with van der Waals surface area (Å²) in [5.41, 5.74) is 0. The molecule has 0 unspecified atom stereocenters. The van der Waals surface area contributed by atoms with Crippen LogP contribution in [0.15, 0.2) is 17.3 Å². The Kier molecular flexibility index (Phi) is 5.17. The van der Waals surface area contributed by atoms with E-state index in [-0.39, 0.29) is 0 Å². The maximum atomic E-state index is 12.6. The first kappa shape index (κ1) is 15.5. The van der Waals surface area contributed by atoms with Crippen molar-refractivity contribution in [1.82, 2.24) is 19.4 Å². The van der Waals surface area contributed by atoms with Crippen LogP contribution in [-0.4, -0.2) is 49.2 Å². The predicted octanol–water partition coefficient (Wildman–Crippen LogP) is 0.913. The van der Waals surface area contributed by atoms with Crippen LogP contribution in [0.5, 0.6) is 0 Å². The Balaban J connectivity index is 2.08. The highest BCUT2D eigenvalue weighted by molar-refractivity contribution is 7.89. The number of rotatable bonds is 8. The van der Waals surface area contributed by atoms with Crippen molar-refractivity contribution in [2.75, 3.05) is 26.7 Å². The smallest absolute Gasteiger partial charge is 0.246 e. The lowest BCUT2D eigenvalue weighted by Crippen LogP contribution is -2.37. The number of hydrogen-bond acceptors (Lipinski definition) is 4. The zero-order chi connectivity index (χ0) is 14.6. The van der Waals surface area contributed by atoms with E-state index < -0.39 is 10.0 Å². The number of nitrogens with one attached hydrogen (secondary N) is 1. The molecule has 1 aromatic rings. The average Bonchev–Trinajstić information content (AvgIpc) is 2.84. The Hall–Kier alpha value is -0.920. The first-order valence-electron chi connectivity index (χ1n) is 7.25. The van der Waals surface area contributed by atoms with E-state index in [9.17, 15) is 8.42 Å². The number of hydrogen-bond donors (Lipinski definition) is 1. The minimum atomic E-state index is -3.40. The SMILES string of the molecule is CCN(CC1CCC1)S(=O)(=O)c1cnn(CCNC)c1. The average molecular weight is 300 g/mol. The molecule has 0 radical (unpaired) electrons. The van der Waals surface area contributed by atoms with Gasteiger partial charge >= 0.3 is 0 Å². The molecule has 1 saturated carbocycles. The van der Waals surface area contributed by atoms with E-state index in [0.29, 0.717) is 30.4 Å². The number of aromatic nitrogens is 2. The summed E-state index contributed by atoms with van der Waals surface area (Å²) < 4.78 is 28.4. The van der Waals surface area contributed by atoms with E-state index in [2.05, 4.69) is 10.4 Å². The summed E-state index contributed by atoms with van der Waals surface area (Å²) in [7, 11) is -1.54. The first-order valence-corrected chi connectivity index (χ1v) is 8.69. The van der Waals surface area contributed by atoms with Crippen molar-refractivity contribution in [3.63, 3.8) is 0 Å². The van der Waals surface area contributed by atoms with Crippen LogP contribution in [0.2, 0.25) is 0 Å². The molecule has 1 aliphatic carbocycles. The van der Waals surface area contributed by atoms with Crippen LogP contribution in [0.25, 0.3) is 0 Å². The fourth-order valence-corrected chi connectivity index (χ4v) is 3.82. The van der Waals surface area contributed by atoms with Gasteiger partial charge in [0.15, 0.2) is 0 Å². The Morgan fingerprint density at radius 3 is 2.80 bits per heavy atom. The van der Waals surface area contributed by atoms with Gasteiger partial charge in [-0.25, -0.2) is 8.42 Å². The molecule has 0 bridgehead atoms. The fraction of sp³-hybridized carbons (Fsp3) is 0.769. The van der Waals surface area contributed by atoms with Gasteiger partial charge < -0.3 is 5.32 Å². The topological polar surface area (TPSA) is 67.2 Å². The molecule has 0 aliphatic heterocycles. The van der Waals surface area contributed by atoms with Crippen LogP contribution in [-0.2, 0) is 16.6 Å². The van der Waals surface area contributed by atoms with E-state index in [1.165, 1.54) is 12.6 Å². The van der Waals surface area contributed by atoms with Gasteiger partial charge in [-0.05, 0) is 25.8 Å². The van der Waals surface area contributed by atoms with Gasteiger partial charge in [0.25, 0.3) is 0 Å². The van der Waals surface area contributed by atoms with Crippen LogP contribution < -0.4 is 5.32 Å². The van der Waals surface area contributed by atoms with Crippen molar-refractivity contribution in [3.05, 3.63) is 12.4 Å². The van der Waals surface area contributed by atoms with Crippen LogP contribution in [0, 0.1) is 5.92 Å². The van der Waals surface area contributed by atoms with Gasteiger partial charge in [-0.3, -0.25) is 4.68 Å². The molecule has 1 heterocycles. The number of nitrogens with zero attached hydrogens (tertiary/aromatic N) is 3. The number of sulfonamides is 1. The zero-order valence-corrected chi connectivity index (χ0v) is 13.1. The lowest BCUT2D eigenvalue weighted by atomic mass is 9.85. The van der Waals surface area contributed by atoms with Gasteiger partial charge in [-0.1, -0.05) is 13.3 Å². The van der Waals surface area contributed by atoms with Gasteiger partial charge in [-0.2, -0.15) is 9.40 Å². The molecule has 1 aliphatic rings. The highest BCUT2D eigenvalue weighted by atomic mass is 32.2. The molecule has 0 spiro atoms. The van der Waals surface area contributed by atoms with Gasteiger partial charge in [0.2, 0.25) is 10.0 Å². The van der Waals surface area contributed by atoms with Crippen molar-refractivity contribution in [2.24, 2.45) is 5.92 Å². The van der Waals surface area contributed by atoms with Crippen LogP contribution in [0.4, 0.5) is 0 Å². The molecule has 0 aromatic carbocycles. The molecule has 0 saturated heterocycles. The summed E-state index contributed by atoms with van der Waals surface area (Å²) in [5, 5.41) is 7.14. The monoisotopic (exact) mass is 300 g/mol. The predicted molar refractivity (Wildman–Crippen MR) is 77.9 cm³/mol. The second-order valence-electron chi connectivity index (χ2n) is 5.30. The standard InChI is InChI=1S/C13H24N4O2S/c1-3-17(10-12-5-4-6-12)20(18,19)13-9-15-16(11-13)8-7-14-2/h9,11-12,14H,3-8,10H2,1-2H3. The Morgan fingerprint density at radius 1 is 1.50 bits per heavy atom. The normalized spacial score (nSPS) is 16.6. The minimum Gasteiger partial charge on any atom is -0.318 e. The molecule has 0 atom stereocenters. The summed E-state index contributed by atoms with van der Waals surface area (Å²) in [6.45, 7) is 4.48. The third kappa shape index (κ3) is 3.39. The quantitative estimate of drug-likeness (QED) is 0.775. The van der Waals surface area contributed by atoms with E-state index in [1.54, 1.807) is 15.2 Å². The highest BCUT2D eigenvalue weighted by Gasteiger charge is 2.29. The summed E-state index contributed by atoms with van der Waals surface area (Å²) >= 11 is 0. The molecule has 1 N–H and O–H groups in total. The molecular weight excluding hydrogens is 276 g/mol. The fourth-order valence-electron chi connectivity index (χ4n) is 2.34. The van der Waals surface area contributed by atoms with Gasteiger partial charge in [-0.15, -0.1) is 0 Å². The minimum absolute atomic E-state index is 0.301. The Morgan fingerprint density at radius 2 is 2.25 bits per heavy atom. The van der Waals surface area contributed by atoms with E-state index in [0.717, 1.165) is 19.4 Å². The van der Waals surface area contributed by atoms with Crippen LogP contribution in [0.1, 0.15) is 26.2 Å². The lowest BCUT2D eigenvalue weighted by Gasteiger charge is -2.30. The largest absolute Gasteiger partial charge is 0.318 e. The van der Waals surface area contributed by atoms with Crippen molar-refractivity contribution in [2.45, 2.75) is 37.6 Å². The maximum Gasteiger partial charge on any atom is 0.246 e. The van der Waals surface area contributed by atoms with Crippen LogP contribution >= 0.6 is 0 Å². The van der Waals surface area contributed by atoms with Crippen LogP contribution in [0.3, 0.4) is 0 Å². The first-order chi connectivity index (χ1) is 9.57. The Bertz CT molecular complexity index is 522. The summed E-state index contributed by atoms with van der Waals surface area (Å²) in [5.74, 6) is 0.532. The lowest BCUT2D eigenvalue weighted by molar-refractivity contribution is 0.250. The molecule has 1 fully saturated rings. The molecule has 114 valence electrons. The summed E-state index contributed by atoms with van der Waals surface area (Å²) in [6.07, 6.45) is 6.59. The molecule has 1 aromatic heterocycles. The molecule has 6 nitrogen and oxygen atoms in total. The summed E-state index contributed by atoms with van der Waals surface area (Å²) in [6, 6.07) is 0. The maximum absolute atomic E-state index is 12.6. The zero-order valence-electron chi connectivity index (χ0n) is 12.2. The third-order valence-corrected chi connectivity index (χ3v) is 5.77. The third-order valence-electron chi connectivity index (χ3n) is 3.88. The summed E-state index contributed by atoms with van der Waals surface area (Å²) in [4.78, 5) is 0.301. The van der Waals surface area contributed by atoms with Crippen molar-refractivity contribution < 1.29 is 8.42 Å². The molecule has 20 heavy (non-hydrogen) atoms. The highest BCUT2D eigenvalue weighted by Crippen LogP contribution is 2.28. The van der Waals surface area contributed by atoms with E-state index in [4.69, 9.17) is 0 Å². The second kappa shape index (κ2) is 6.69. The molecular formula is C13H24N4O2S. The van der Waals surface area contributed by atoms with Gasteiger partial charge in [0.1, 0.15) is 4.90 Å². The number of likely N-dealkylation sites (N-methyl/N-ethyl adjacent to an activating group) is 1. The molecule has 7 heteroatoms. The molecule has 0 amide bonds. The van der Waals surface area contributed by atoms with E-state index >= 15 is 0 Å². The van der Waals surface area contributed by atoms with Crippen molar-refractivity contribution in [3.8, 4) is 0 Å². The van der Waals surface area contributed by atoms with Crippen molar-refractivity contribution in [1.29, 1.82) is 0 Å². The van der Waals surface area contributed by atoms with Gasteiger partial charge in [0.05, 0.1) is 12.7 Å². The molecule has 2 rings (SSSR count). The van der Waals surface area contributed by atoms with E-state index in [1.807, 2.05) is 14.0 Å². The van der Waals surface area contributed by atoms with Gasteiger partial charge in [0, 0.05) is 25.8 Å². The second-order valence-corrected chi connectivity index (χ2v) is 7.23. The Labute approximate surface area is 121 Å².